The molecule has 2 aliphatic heterocycles. The van der Waals surface area contributed by atoms with Crippen molar-refractivity contribution in [3.63, 3.8) is 0 Å². The van der Waals surface area contributed by atoms with Gasteiger partial charge in [0.05, 0.1) is 23.1 Å². The minimum absolute atomic E-state index is 0.0927. The van der Waals surface area contributed by atoms with Crippen molar-refractivity contribution in [3.8, 4) is 22.5 Å². The van der Waals surface area contributed by atoms with E-state index in [1.54, 1.807) is 19.3 Å². The highest BCUT2D eigenvalue weighted by molar-refractivity contribution is 5.97. The van der Waals surface area contributed by atoms with Gasteiger partial charge in [-0.05, 0) is 47.5 Å². The van der Waals surface area contributed by atoms with Gasteiger partial charge < -0.3 is 15.1 Å². The lowest BCUT2D eigenvalue weighted by atomic mass is 9.52. The van der Waals surface area contributed by atoms with Gasteiger partial charge >= 0.3 is 0 Å². The Morgan fingerprint density at radius 1 is 0.981 bits per heavy atom. The molecule has 0 unspecified atom stereocenters. The number of aromatic nitrogens is 7. The first-order chi connectivity index (χ1) is 25.3. The summed E-state index contributed by atoms with van der Waals surface area (Å²) in [6, 6.07) is 8.56. The van der Waals surface area contributed by atoms with Gasteiger partial charge in [0, 0.05) is 117 Å². The molecule has 1 saturated heterocycles. The van der Waals surface area contributed by atoms with Crippen LogP contribution < -0.4 is 10.2 Å². The Morgan fingerprint density at radius 2 is 1.74 bits per heavy atom. The second-order valence-electron chi connectivity index (χ2n) is 17.6. The normalized spacial score (nSPS) is 20.1. The number of amides is 2. The summed E-state index contributed by atoms with van der Waals surface area (Å²) in [5.41, 5.74) is 7.20. The Morgan fingerprint density at radius 3 is 2.45 bits per heavy atom. The smallest absolute Gasteiger partial charge is 0.254 e. The Bertz CT molecular complexity index is 2240. The summed E-state index contributed by atoms with van der Waals surface area (Å²) >= 11 is 0. The number of pyridine rings is 1. The molecule has 0 bridgehead atoms. The molecule has 12 nitrogen and oxygen atoms in total. The molecule has 0 radical (unpaired) electrons. The van der Waals surface area contributed by atoms with E-state index in [0.29, 0.717) is 29.4 Å². The van der Waals surface area contributed by atoms with Gasteiger partial charge in [0.1, 0.15) is 0 Å². The van der Waals surface area contributed by atoms with Crippen LogP contribution in [0.4, 0.5) is 5.95 Å². The van der Waals surface area contributed by atoms with Crippen molar-refractivity contribution in [2.24, 2.45) is 29.2 Å². The van der Waals surface area contributed by atoms with Crippen molar-refractivity contribution in [3.05, 3.63) is 72.1 Å². The number of carbonyl (C=O) groups is 2. The van der Waals surface area contributed by atoms with Crippen molar-refractivity contribution in [1.29, 1.82) is 0 Å². The second kappa shape index (κ2) is 11.9. The lowest BCUT2D eigenvalue weighted by molar-refractivity contribution is -0.129. The SMILES string of the molecule is CC(=O)N1CCc2c(c(-c3cccc4cc(-c5cnn(CC6CC7(C6)CN(c6ncc(C(=O)NC8C(C)(C)CC8(C)C)cn6)C7)c5)ncc34)nn2C)C1. The number of rotatable bonds is 7. The van der Waals surface area contributed by atoms with Crippen LogP contribution in [0.2, 0.25) is 0 Å². The molecule has 53 heavy (non-hydrogen) atoms. The minimum Gasteiger partial charge on any atom is -0.348 e. The van der Waals surface area contributed by atoms with Crippen molar-refractivity contribution < 1.29 is 9.59 Å². The first-order valence-corrected chi connectivity index (χ1v) is 18.9. The first kappa shape index (κ1) is 33.7. The summed E-state index contributed by atoms with van der Waals surface area (Å²) < 4.78 is 4.03. The Balaban J connectivity index is 0.809. The molecule has 9 rings (SSSR count). The number of hydrogen-bond acceptors (Lipinski definition) is 8. The van der Waals surface area contributed by atoms with Gasteiger partial charge in [-0.1, -0.05) is 45.9 Å². The molecular formula is C41H48N10O2. The molecular weight excluding hydrogens is 665 g/mol. The highest BCUT2D eigenvalue weighted by Gasteiger charge is 2.54. The number of aryl methyl sites for hydroxylation is 1. The Labute approximate surface area is 310 Å². The second-order valence-corrected chi connectivity index (χ2v) is 17.6. The zero-order valence-corrected chi connectivity index (χ0v) is 31.6. The van der Waals surface area contributed by atoms with E-state index in [-0.39, 0.29) is 28.7 Å². The summed E-state index contributed by atoms with van der Waals surface area (Å²) in [6.45, 7) is 14.6. The zero-order chi connectivity index (χ0) is 36.9. The fourth-order valence-corrected chi connectivity index (χ4v) is 10.4. The molecule has 2 amide bonds. The van der Waals surface area contributed by atoms with Crippen molar-refractivity contribution in [1.82, 2.24) is 44.7 Å². The van der Waals surface area contributed by atoms with Crippen LogP contribution in [-0.4, -0.2) is 76.9 Å². The summed E-state index contributed by atoms with van der Waals surface area (Å²) in [5.74, 6) is 1.27. The van der Waals surface area contributed by atoms with Crippen molar-refractivity contribution in [2.45, 2.75) is 79.4 Å². The Kier molecular flexibility index (Phi) is 7.59. The maximum atomic E-state index is 13.0. The number of carbonyl (C=O) groups excluding carboxylic acids is 2. The van der Waals surface area contributed by atoms with Gasteiger partial charge in [-0.15, -0.1) is 0 Å². The largest absolute Gasteiger partial charge is 0.348 e. The molecule has 5 aromatic rings. The van der Waals surface area contributed by atoms with Crippen LogP contribution in [-0.2, 0) is 31.4 Å². The summed E-state index contributed by atoms with van der Waals surface area (Å²) in [6.07, 6.45) is 13.5. The third-order valence-electron chi connectivity index (χ3n) is 12.5. The van der Waals surface area contributed by atoms with E-state index in [9.17, 15) is 9.59 Å². The average molecular weight is 713 g/mol. The molecule has 1 N–H and O–H groups in total. The summed E-state index contributed by atoms with van der Waals surface area (Å²) in [4.78, 5) is 43.3. The topological polar surface area (TPSA) is 127 Å². The molecule has 12 heteroatoms. The van der Waals surface area contributed by atoms with E-state index >= 15 is 0 Å². The van der Waals surface area contributed by atoms with Gasteiger partial charge in [0.25, 0.3) is 5.91 Å². The predicted octanol–water partition coefficient (Wildman–Crippen LogP) is 5.66. The highest BCUT2D eigenvalue weighted by atomic mass is 16.2. The van der Waals surface area contributed by atoms with Crippen molar-refractivity contribution in [2.75, 3.05) is 24.5 Å². The van der Waals surface area contributed by atoms with Crippen LogP contribution in [0.1, 0.15) is 75.5 Å². The Hall–Kier alpha value is -5.13. The number of anilines is 1. The number of hydrogen-bond donors (Lipinski definition) is 1. The first-order valence-electron chi connectivity index (χ1n) is 18.9. The van der Waals surface area contributed by atoms with Gasteiger partial charge in [0.2, 0.25) is 11.9 Å². The molecule has 2 saturated carbocycles. The molecule has 3 fully saturated rings. The maximum Gasteiger partial charge on any atom is 0.254 e. The highest BCUT2D eigenvalue weighted by Crippen LogP contribution is 2.54. The molecule has 2 aliphatic carbocycles. The van der Waals surface area contributed by atoms with E-state index in [2.05, 4.69) is 83.0 Å². The standard InChI is InChI=1S/C41H48N10O2/c1-25(52)49-11-10-34-32(21-49)35(47-48(34)6)30-9-7-8-27-12-33(42-18-31(27)30)29-17-45-51(20-29)19-26-13-41(14-26)23-50(24-41)38-43-15-28(16-44-38)36(53)46-37-39(2,3)22-40(37,4)5/h7-9,12,15-18,20,26,37H,10-11,13-14,19,21-24H2,1-6H3,(H,46,53). The van der Waals surface area contributed by atoms with Crippen LogP contribution in [0.5, 0.6) is 0 Å². The number of nitrogens with one attached hydrogen (secondary N) is 1. The van der Waals surface area contributed by atoms with Gasteiger partial charge in [-0.3, -0.25) is 23.9 Å². The fourth-order valence-electron chi connectivity index (χ4n) is 10.4. The fraction of sp³-hybridized carbons (Fsp3) is 0.488. The monoisotopic (exact) mass is 712 g/mol. The molecule has 274 valence electrons. The van der Waals surface area contributed by atoms with Gasteiger partial charge in [0.15, 0.2) is 0 Å². The maximum absolute atomic E-state index is 13.0. The van der Waals surface area contributed by atoms with Gasteiger partial charge in [-0.2, -0.15) is 10.2 Å². The summed E-state index contributed by atoms with van der Waals surface area (Å²) in [7, 11) is 1.99. The predicted molar refractivity (Wildman–Crippen MR) is 203 cm³/mol. The van der Waals surface area contributed by atoms with E-state index in [4.69, 9.17) is 15.2 Å². The van der Waals surface area contributed by atoms with E-state index in [1.807, 2.05) is 29.0 Å². The van der Waals surface area contributed by atoms with Crippen LogP contribution in [0.3, 0.4) is 0 Å². The molecule has 1 aromatic carbocycles. The van der Waals surface area contributed by atoms with Crippen LogP contribution in [0.25, 0.3) is 33.3 Å². The van der Waals surface area contributed by atoms with Crippen LogP contribution >= 0.6 is 0 Å². The molecule has 1 spiro atoms. The van der Waals surface area contributed by atoms with Gasteiger partial charge in [-0.25, -0.2) is 9.97 Å². The third kappa shape index (κ3) is 5.77. The quantitative estimate of drug-likeness (QED) is 0.229. The molecule has 4 aromatic heterocycles. The minimum atomic E-state index is -0.0978. The third-order valence-corrected chi connectivity index (χ3v) is 12.5. The van der Waals surface area contributed by atoms with E-state index in [0.717, 1.165) is 90.7 Å². The molecule has 6 heterocycles. The lowest BCUT2D eigenvalue weighted by Gasteiger charge is -2.59. The number of nitrogens with zero attached hydrogens (tertiary/aromatic N) is 9. The molecule has 4 aliphatic rings. The average Bonchev–Trinajstić information content (AvgIpc) is 3.70. The van der Waals surface area contributed by atoms with E-state index < -0.39 is 0 Å². The van der Waals surface area contributed by atoms with Crippen LogP contribution in [0, 0.1) is 22.2 Å². The lowest BCUT2D eigenvalue weighted by Crippen LogP contribution is -2.63. The number of fused-ring (bicyclic) bond motifs is 2. The zero-order valence-electron chi connectivity index (χ0n) is 31.6. The molecule has 0 atom stereocenters. The van der Waals surface area contributed by atoms with Crippen LogP contribution in [0.15, 0.2) is 55.2 Å². The number of benzene rings is 1. The summed E-state index contributed by atoms with van der Waals surface area (Å²) in [5, 5.41) is 15.0. The van der Waals surface area contributed by atoms with Crippen molar-refractivity contribution >= 4 is 28.5 Å². The van der Waals surface area contributed by atoms with E-state index in [1.165, 1.54) is 5.69 Å².